The highest BCUT2D eigenvalue weighted by atomic mass is 16.4. The van der Waals surface area contributed by atoms with Crippen molar-refractivity contribution in [3.63, 3.8) is 0 Å². The van der Waals surface area contributed by atoms with E-state index >= 15 is 0 Å². The van der Waals surface area contributed by atoms with Gasteiger partial charge in [-0.15, -0.1) is 0 Å². The number of fused-ring (bicyclic) bond motifs is 3. The van der Waals surface area contributed by atoms with Gasteiger partial charge in [-0.25, -0.2) is 4.79 Å². The first-order chi connectivity index (χ1) is 10.6. The molecule has 1 aromatic carbocycles. The van der Waals surface area contributed by atoms with E-state index in [0.717, 1.165) is 10.9 Å². The first-order valence-corrected chi connectivity index (χ1v) is 6.80. The number of carboxylic acid groups (broad SMARTS) is 1. The van der Waals surface area contributed by atoms with Crippen molar-refractivity contribution >= 4 is 22.9 Å². The topological polar surface area (TPSA) is 120 Å². The van der Waals surface area contributed by atoms with E-state index in [1.165, 1.54) is 0 Å². The second kappa shape index (κ2) is 5.42. The summed E-state index contributed by atoms with van der Waals surface area (Å²) in [4.78, 5) is 25.5. The van der Waals surface area contributed by atoms with Gasteiger partial charge in [-0.2, -0.15) is 0 Å². The van der Waals surface area contributed by atoms with Gasteiger partial charge in [0.15, 0.2) is 0 Å². The second-order valence-electron chi connectivity index (χ2n) is 5.12. The van der Waals surface area contributed by atoms with Crippen LogP contribution in [0.5, 0.6) is 0 Å². The van der Waals surface area contributed by atoms with Crippen LogP contribution in [0.1, 0.15) is 22.5 Å². The molecule has 0 radical (unpaired) electrons. The van der Waals surface area contributed by atoms with Gasteiger partial charge in [0.25, 0.3) is 5.91 Å². The Labute approximate surface area is 125 Å². The number of nitrogens with one attached hydrogen (secondary N) is 1. The number of benzene rings is 1. The predicted octanol–water partition coefficient (Wildman–Crippen LogP) is 2.67. The summed E-state index contributed by atoms with van der Waals surface area (Å²) in [5.74, 6) is -0.636. The van der Waals surface area contributed by atoms with Crippen LogP contribution in [0.3, 0.4) is 0 Å². The first kappa shape index (κ1) is 14.0. The summed E-state index contributed by atoms with van der Waals surface area (Å²) in [6, 6.07) is 7.14. The number of amides is 2. The Bertz CT molecular complexity index is 819. The van der Waals surface area contributed by atoms with Crippen molar-refractivity contribution < 1.29 is 14.7 Å². The van der Waals surface area contributed by atoms with Crippen LogP contribution in [-0.2, 0) is 13.0 Å². The van der Waals surface area contributed by atoms with Gasteiger partial charge >= 0.3 is 6.09 Å². The number of azide groups is 1. The van der Waals surface area contributed by atoms with Crippen molar-refractivity contribution in [1.29, 1.82) is 0 Å². The zero-order valence-electron chi connectivity index (χ0n) is 11.6. The SMILES string of the molecule is [N-]=[N+]=NC(=O)c1c2n(c3ccccc13)CCC(NC(=O)O)C2. The van der Waals surface area contributed by atoms with E-state index < -0.39 is 12.0 Å². The van der Waals surface area contributed by atoms with Gasteiger partial charge in [-0.1, -0.05) is 18.2 Å². The number of rotatable bonds is 2. The first-order valence-electron chi connectivity index (χ1n) is 6.80. The Morgan fingerprint density at radius 3 is 2.91 bits per heavy atom. The molecule has 0 aliphatic carbocycles. The van der Waals surface area contributed by atoms with Crippen molar-refractivity contribution in [2.24, 2.45) is 5.11 Å². The molecule has 8 nitrogen and oxygen atoms in total. The van der Waals surface area contributed by atoms with Gasteiger partial charge in [0, 0.05) is 40.5 Å². The van der Waals surface area contributed by atoms with E-state index in [2.05, 4.69) is 15.3 Å². The van der Waals surface area contributed by atoms with E-state index in [9.17, 15) is 9.59 Å². The Morgan fingerprint density at radius 1 is 1.41 bits per heavy atom. The molecular formula is C14H13N5O3. The molecule has 1 atom stereocenters. The van der Waals surface area contributed by atoms with Gasteiger partial charge < -0.3 is 15.0 Å². The monoisotopic (exact) mass is 299 g/mol. The van der Waals surface area contributed by atoms with Crippen LogP contribution in [0.4, 0.5) is 4.79 Å². The molecule has 0 bridgehead atoms. The number of nitrogens with zero attached hydrogens (tertiary/aromatic N) is 4. The Morgan fingerprint density at radius 2 is 2.18 bits per heavy atom. The van der Waals surface area contributed by atoms with Crippen molar-refractivity contribution in [2.75, 3.05) is 0 Å². The maximum absolute atomic E-state index is 12.2. The van der Waals surface area contributed by atoms with Crippen LogP contribution in [0.25, 0.3) is 21.3 Å². The van der Waals surface area contributed by atoms with Crippen molar-refractivity contribution in [3.8, 4) is 0 Å². The third-order valence-corrected chi connectivity index (χ3v) is 3.90. The largest absolute Gasteiger partial charge is 0.465 e. The Balaban J connectivity index is 2.15. The van der Waals surface area contributed by atoms with Crippen LogP contribution >= 0.6 is 0 Å². The number of aryl methyl sites for hydroxylation is 1. The average molecular weight is 299 g/mol. The summed E-state index contributed by atoms with van der Waals surface area (Å²) in [5, 5.41) is 15.2. The van der Waals surface area contributed by atoms with Gasteiger partial charge in [-0.3, -0.25) is 4.79 Å². The minimum Gasteiger partial charge on any atom is -0.465 e. The Kier molecular flexibility index (Phi) is 3.44. The predicted molar refractivity (Wildman–Crippen MR) is 78.7 cm³/mol. The average Bonchev–Trinajstić information content (AvgIpc) is 2.80. The number of hydrogen-bond acceptors (Lipinski definition) is 2. The number of hydrogen-bond donors (Lipinski definition) is 2. The number of aromatic nitrogens is 1. The summed E-state index contributed by atoms with van der Waals surface area (Å²) in [6.07, 6.45) is -0.0478. The summed E-state index contributed by atoms with van der Waals surface area (Å²) in [6.45, 7) is 0.602. The zero-order valence-corrected chi connectivity index (χ0v) is 11.6. The highest BCUT2D eigenvalue weighted by Gasteiger charge is 2.28. The maximum Gasteiger partial charge on any atom is 0.404 e. The number of para-hydroxylation sites is 1. The molecule has 2 N–H and O–H groups in total. The van der Waals surface area contributed by atoms with E-state index in [4.69, 9.17) is 10.6 Å². The minimum atomic E-state index is -1.09. The molecule has 2 heterocycles. The van der Waals surface area contributed by atoms with Crippen LogP contribution in [0.15, 0.2) is 29.4 Å². The molecule has 0 saturated carbocycles. The maximum atomic E-state index is 12.2. The van der Waals surface area contributed by atoms with E-state index in [1.54, 1.807) is 6.07 Å². The highest BCUT2D eigenvalue weighted by Crippen LogP contribution is 2.31. The molecular weight excluding hydrogens is 286 g/mol. The van der Waals surface area contributed by atoms with Crippen molar-refractivity contribution in [2.45, 2.75) is 25.4 Å². The summed E-state index contributed by atoms with van der Waals surface area (Å²) in [7, 11) is 0. The summed E-state index contributed by atoms with van der Waals surface area (Å²) >= 11 is 0. The van der Waals surface area contributed by atoms with Crippen LogP contribution < -0.4 is 5.32 Å². The molecule has 1 aromatic heterocycles. The molecule has 8 heteroatoms. The van der Waals surface area contributed by atoms with E-state index in [0.29, 0.717) is 30.6 Å². The van der Waals surface area contributed by atoms with Gasteiger partial charge in [0.1, 0.15) is 0 Å². The van der Waals surface area contributed by atoms with E-state index in [1.807, 2.05) is 22.8 Å². The molecule has 0 spiro atoms. The fourth-order valence-corrected chi connectivity index (χ4v) is 3.07. The highest BCUT2D eigenvalue weighted by molar-refractivity contribution is 6.09. The van der Waals surface area contributed by atoms with Crippen LogP contribution in [0.2, 0.25) is 0 Å². The minimum absolute atomic E-state index is 0.257. The second-order valence-corrected chi connectivity index (χ2v) is 5.12. The fraction of sp³-hybridized carbons (Fsp3) is 0.286. The lowest BCUT2D eigenvalue weighted by atomic mass is 10.0. The quantitative estimate of drug-likeness (QED) is 0.503. The smallest absolute Gasteiger partial charge is 0.404 e. The van der Waals surface area contributed by atoms with Gasteiger partial charge in [-0.05, 0) is 23.1 Å². The third kappa shape index (κ3) is 2.25. The summed E-state index contributed by atoms with van der Waals surface area (Å²) in [5.41, 5.74) is 10.5. The number of carbonyl (C=O) groups is 2. The van der Waals surface area contributed by atoms with Crippen LogP contribution in [0, 0.1) is 0 Å². The van der Waals surface area contributed by atoms with Gasteiger partial charge in [0.05, 0.1) is 5.56 Å². The molecule has 0 fully saturated rings. The molecule has 112 valence electrons. The molecule has 1 aliphatic heterocycles. The molecule has 22 heavy (non-hydrogen) atoms. The standard InChI is InChI=1S/C14H13N5O3/c15-18-17-13(20)12-9-3-1-2-4-10(9)19-6-5-8(7-11(12)19)16-14(21)22/h1-4,8,16H,5-7H2,(H,21,22). The lowest BCUT2D eigenvalue weighted by Gasteiger charge is -2.25. The molecule has 3 rings (SSSR count). The molecule has 1 unspecified atom stereocenters. The molecule has 0 saturated heterocycles. The molecule has 2 aromatic rings. The van der Waals surface area contributed by atoms with Gasteiger partial charge in [0.2, 0.25) is 0 Å². The van der Waals surface area contributed by atoms with Crippen molar-refractivity contribution in [3.05, 3.63) is 46.0 Å². The fourth-order valence-electron chi connectivity index (χ4n) is 3.07. The van der Waals surface area contributed by atoms with Crippen LogP contribution in [-0.4, -0.2) is 27.7 Å². The Hall–Kier alpha value is -2.99. The third-order valence-electron chi connectivity index (χ3n) is 3.90. The molecule has 1 aliphatic rings. The molecule has 2 amide bonds. The summed E-state index contributed by atoms with van der Waals surface area (Å²) < 4.78 is 2.00. The van der Waals surface area contributed by atoms with E-state index in [-0.39, 0.29) is 6.04 Å². The zero-order chi connectivity index (χ0) is 15.7. The normalized spacial score (nSPS) is 16.6. The number of carbonyl (C=O) groups excluding carboxylic acids is 1. The lowest BCUT2D eigenvalue weighted by Crippen LogP contribution is -2.39. The van der Waals surface area contributed by atoms with Crippen molar-refractivity contribution in [1.82, 2.24) is 9.88 Å². The lowest BCUT2D eigenvalue weighted by molar-refractivity contribution is 0.100.